The van der Waals surface area contributed by atoms with Gasteiger partial charge in [-0.3, -0.25) is 5.32 Å². The van der Waals surface area contributed by atoms with Gasteiger partial charge in [0.25, 0.3) is 0 Å². The summed E-state index contributed by atoms with van der Waals surface area (Å²) < 4.78 is 10.6. The van der Waals surface area contributed by atoms with Crippen LogP contribution in [0.25, 0.3) is 5.70 Å². The molecule has 0 unspecified atom stereocenters. The quantitative estimate of drug-likeness (QED) is 0.642. The summed E-state index contributed by atoms with van der Waals surface area (Å²) in [6, 6.07) is 6.55. The SMILES string of the molecule is CCCO/C=C(\NC(=O)OC(C)(C)C)c1cccc(O)c1. The minimum Gasteiger partial charge on any atom is -0.508 e. The molecule has 0 saturated carbocycles. The predicted octanol–water partition coefficient (Wildman–Crippen LogP) is 3.64. The number of phenolic OH excluding ortho intramolecular Hbond substituents is 1. The number of amides is 1. The topological polar surface area (TPSA) is 67.8 Å². The molecule has 0 aromatic heterocycles. The molecule has 1 rings (SSSR count). The van der Waals surface area contributed by atoms with Crippen molar-refractivity contribution in [3.8, 4) is 5.75 Å². The van der Waals surface area contributed by atoms with Gasteiger partial charge in [0.2, 0.25) is 0 Å². The molecule has 0 bridgehead atoms. The number of aromatic hydroxyl groups is 1. The van der Waals surface area contributed by atoms with Gasteiger partial charge in [-0.25, -0.2) is 4.79 Å². The van der Waals surface area contributed by atoms with Gasteiger partial charge in [0.15, 0.2) is 0 Å². The van der Waals surface area contributed by atoms with E-state index in [1.54, 1.807) is 45.0 Å². The number of nitrogens with one attached hydrogen (secondary N) is 1. The van der Waals surface area contributed by atoms with Crippen molar-refractivity contribution in [1.82, 2.24) is 5.32 Å². The van der Waals surface area contributed by atoms with Gasteiger partial charge in [-0.05, 0) is 39.3 Å². The molecule has 0 aliphatic carbocycles. The Morgan fingerprint density at radius 1 is 1.38 bits per heavy atom. The Kier molecular flexibility index (Phi) is 6.09. The van der Waals surface area contributed by atoms with E-state index in [2.05, 4.69) is 5.32 Å². The molecule has 2 N–H and O–H groups in total. The van der Waals surface area contributed by atoms with E-state index in [0.717, 1.165) is 6.42 Å². The number of alkyl carbamates (subject to hydrolysis) is 1. The molecule has 0 radical (unpaired) electrons. The van der Waals surface area contributed by atoms with Crippen molar-refractivity contribution < 1.29 is 19.4 Å². The lowest BCUT2D eigenvalue weighted by Crippen LogP contribution is -2.31. The second kappa shape index (κ2) is 7.57. The van der Waals surface area contributed by atoms with E-state index < -0.39 is 11.7 Å². The third kappa shape index (κ3) is 6.70. The summed E-state index contributed by atoms with van der Waals surface area (Å²) in [4.78, 5) is 11.9. The third-order valence-corrected chi connectivity index (χ3v) is 2.32. The number of carbonyl (C=O) groups excluding carboxylic acids is 1. The van der Waals surface area contributed by atoms with Crippen molar-refractivity contribution in [3.05, 3.63) is 36.1 Å². The molecule has 1 aromatic carbocycles. The van der Waals surface area contributed by atoms with Gasteiger partial charge in [-0.2, -0.15) is 0 Å². The van der Waals surface area contributed by atoms with E-state index in [1.807, 2.05) is 6.92 Å². The molecule has 0 spiro atoms. The van der Waals surface area contributed by atoms with Gasteiger partial charge in [0.1, 0.15) is 17.6 Å². The monoisotopic (exact) mass is 293 g/mol. The van der Waals surface area contributed by atoms with E-state index in [0.29, 0.717) is 17.9 Å². The number of hydrogen-bond donors (Lipinski definition) is 2. The first-order chi connectivity index (χ1) is 9.81. The predicted molar refractivity (Wildman–Crippen MR) is 81.7 cm³/mol. The summed E-state index contributed by atoms with van der Waals surface area (Å²) in [5, 5.41) is 12.2. The lowest BCUT2D eigenvalue weighted by atomic mass is 10.1. The van der Waals surface area contributed by atoms with Crippen molar-refractivity contribution in [2.45, 2.75) is 39.7 Å². The molecule has 0 saturated heterocycles. The normalized spacial score (nSPS) is 11.9. The van der Waals surface area contributed by atoms with E-state index >= 15 is 0 Å². The van der Waals surface area contributed by atoms with Gasteiger partial charge in [0, 0.05) is 5.56 Å². The summed E-state index contributed by atoms with van der Waals surface area (Å²) in [5.74, 6) is 0.111. The maximum Gasteiger partial charge on any atom is 0.412 e. The Morgan fingerprint density at radius 3 is 2.67 bits per heavy atom. The standard InChI is InChI=1S/C16H23NO4/c1-5-9-20-11-14(12-7-6-8-13(18)10-12)17-15(19)21-16(2,3)4/h6-8,10-11,18H,5,9H2,1-4H3,(H,17,19)/b14-11-. The Labute approximate surface area is 125 Å². The Bertz CT molecular complexity index is 503. The van der Waals surface area contributed by atoms with Crippen molar-refractivity contribution in [2.24, 2.45) is 0 Å². The van der Waals surface area contributed by atoms with Gasteiger partial charge in [-0.15, -0.1) is 0 Å². The zero-order valence-electron chi connectivity index (χ0n) is 13.0. The van der Waals surface area contributed by atoms with Crippen LogP contribution in [0.1, 0.15) is 39.7 Å². The zero-order valence-corrected chi connectivity index (χ0v) is 13.0. The van der Waals surface area contributed by atoms with Crippen LogP contribution in [0.4, 0.5) is 4.79 Å². The fourth-order valence-corrected chi connectivity index (χ4v) is 1.52. The molecular formula is C16H23NO4. The van der Waals surface area contributed by atoms with Crippen LogP contribution < -0.4 is 5.32 Å². The smallest absolute Gasteiger partial charge is 0.412 e. The fraction of sp³-hybridized carbons (Fsp3) is 0.438. The second-order valence-electron chi connectivity index (χ2n) is 5.58. The average Bonchev–Trinajstić information content (AvgIpc) is 2.35. The number of carbonyl (C=O) groups is 1. The first kappa shape index (κ1) is 16.9. The minimum absolute atomic E-state index is 0.111. The summed E-state index contributed by atoms with van der Waals surface area (Å²) in [7, 11) is 0. The van der Waals surface area contributed by atoms with Crippen LogP contribution in [-0.4, -0.2) is 23.4 Å². The number of phenols is 1. The first-order valence-corrected chi connectivity index (χ1v) is 6.93. The molecule has 5 nitrogen and oxygen atoms in total. The van der Waals surface area contributed by atoms with Crippen LogP contribution in [0, 0.1) is 0 Å². The van der Waals surface area contributed by atoms with Crippen LogP contribution in [-0.2, 0) is 9.47 Å². The van der Waals surface area contributed by atoms with Crippen LogP contribution >= 0.6 is 0 Å². The number of ether oxygens (including phenoxy) is 2. The third-order valence-electron chi connectivity index (χ3n) is 2.32. The van der Waals surface area contributed by atoms with Gasteiger partial charge < -0.3 is 14.6 Å². The maximum absolute atomic E-state index is 11.9. The van der Waals surface area contributed by atoms with Crippen molar-refractivity contribution in [2.75, 3.05) is 6.61 Å². The Hall–Kier alpha value is -2.17. The number of hydrogen-bond acceptors (Lipinski definition) is 4. The summed E-state index contributed by atoms with van der Waals surface area (Å²) in [6.45, 7) is 7.90. The molecule has 1 aromatic rings. The largest absolute Gasteiger partial charge is 0.508 e. The molecule has 1 amide bonds. The lowest BCUT2D eigenvalue weighted by molar-refractivity contribution is 0.0556. The molecule has 0 atom stereocenters. The fourth-order valence-electron chi connectivity index (χ4n) is 1.52. The highest BCUT2D eigenvalue weighted by atomic mass is 16.6. The maximum atomic E-state index is 11.9. The molecule has 0 aliphatic heterocycles. The Balaban J connectivity index is 2.88. The van der Waals surface area contributed by atoms with E-state index in [4.69, 9.17) is 9.47 Å². The highest BCUT2D eigenvalue weighted by Gasteiger charge is 2.17. The van der Waals surface area contributed by atoms with Crippen LogP contribution in [0.2, 0.25) is 0 Å². The van der Waals surface area contributed by atoms with Gasteiger partial charge >= 0.3 is 6.09 Å². The summed E-state index contributed by atoms with van der Waals surface area (Å²) in [5.41, 5.74) is 0.490. The van der Waals surface area contributed by atoms with Crippen molar-refractivity contribution in [3.63, 3.8) is 0 Å². The highest BCUT2D eigenvalue weighted by Crippen LogP contribution is 2.18. The van der Waals surface area contributed by atoms with Crippen molar-refractivity contribution in [1.29, 1.82) is 0 Å². The lowest BCUT2D eigenvalue weighted by Gasteiger charge is -2.20. The van der Waals surface area contributed by atoms with E-state index in [9.17, 15) is 9.90 Å². The molecule has 0 fully saturated rings. The van der Waals surface area contributed by atoms with Crippen LogP contribution in [0.3, 0.4) is 0 Å². The average molecular weight is 293 g/mol. The highest BCUT2D eigenvalue weighted by molar-refractivity contribution is 5.81. The van der Waals surface area contributed by atoms with Crippen LogP contribution in [0.15, 0.2) is 30.5 Å². The van der Waals surface area contributed by atoms with Crippen LogP contribution in [0.5, 0.6) is 5.75 Å². The molecule has 5 heteroatoms. The molecule has 116 valence electrons. The number of benzene rings is 1. The van der Waals surface area contributed by atoms with Crippen molar-refractivity contribution >= 4 is 11.8 Å². The van der Waals surface area contributed by atoms with Gasteiger partial charge in [0.05, 0.1) is 12.3 Å². The Morgan fingerprint density at radius 2 is 2.10 bits per heavy atom. The zero-order chi connectivity index (χ0) is 15.9. The van der Waals surface area contributed by atoms with Gasteiger partial charge in [-0.1, -0.05) is 19.1 Å². The summed E-state index contributed by atoms with van der Waals surface area (Å²) >= 11 is 0. The molecular weight excluding hydrogens is 270 g/mol. The van der Waals surface area contributed by atoms with E-state index in [1.165, 1.54) is 6.26 Å². The van der Waals surface area contributed by atoms with E-state index in [-0.39, 0.29) is 5.75 Å². The molecule has 21 heavy (non-hydrogen) atoms. The molecule has 0 heterocycles. The minimum atomic E-state index is -0.585. The molecule has 0 aliphatic rings. The second-order valence-corrected chi connectivity index (χ2v) is 5.58. The summed E-state index contributed by atoms with van der Waals surface area (Å²) in [6.07, 6.45) is 1.75. The number of rotatable bonds is 5. The first-order valence-electron chi connectivity index (χ1n) is 6.93.